The highest BCUT2D eigenvalue weighted by Crippen LogP contribution is 2.36. The van der Waals surface area contributed by atoms with E-state index < -0.39 is 52.6 Å². The van der Waals surface area contributed by atoms with Crippen LogP contribution in [0, 0.1) is 22.0 Å². The molecule has 0 saturated carbocycles. The highest BCUT2D eigenvalue weighted by Gasteiger charge is 2.50. The summed E-state index contributed by atoms with van der Waals surface area (Å²) in [5.41, 5.74) is -0.293. The van der Waals surface area contributed by atoms with Gasteiger partial charge < -0.3 is 10.1 Å². The number of hydrogen-bond donors (Lipinski definition) is 1. The van der Waals surface area contributed by atoms with Crippen LogP contribution in [-0.4, -0.2) is 45.7 Å². The number of benzene rings is 1. The van der Waals surface area contributed by atoms with Crippen LogP contribution in [0.25, 0.3) is 0 Å². The highest BCUT2D eigenvalue weighted by atomic mass is 35.5. The van der Waals surface area contributed by atoms with Gasteiger partial charge in [0.2, 0.25) is 11.8 Å². The van der Waals surface area contributed by atoms with Crippen molar-refractivity contribution in [1.29, 1.82) is 0 Å². The number of nitro groups is 1. The van der Waals surface area contributed by atoms with Gasteiger partial charge in [-0.1, -0.05) is 23.8 Å². The van der Waals surface area contributed by atoms with E-state index in [-0.39, 0.29) is 16.4 Å². The number of fused-ring (bicyclic) bond motifs is 1. The zero-order valence-corrected chi connectivity index (χ0v) is 17.5. The monoisotopic (exact) mass is 449 g/mol. The number of likely N-dealkylation sites (tertiary alicyclic amines) is 1. The molecule has 31 heavy (non-hydrogen) atoms. The molecule has 3 amide bonds. The molecule has 2 aliphatic rings. The number of anilines is 1. The van der Waals surface area contributed by atoms with Crippen molar-refractivity contribution in [3.8, 4) is 0 Å². The third kappa shape index (κ3) is 4.43. The number of esters is 1. The standard InChI is InChI=1S/C20H20ClN3O7/c1-10(23-18(26)13-5-3-4-6-14(13)19(23)27)20(28)31-11(2)17(25)22-16-9-12(24(29)30)7-8-15(16)21/h3-4,7-11,13-14H,5-6H2,1-2H3,(H,22,25)/t10-,11-,13+,14+/m0/s1. The van der Waals surface area contributed by atoms with Crippen molar-refractivity contribution in [1.82, 2.24) is 4.90 Å². The average molecular weight is 450 g/mol. The first-order chi connectivity index (χ1) is 14.6. The van der Waals surface area contributed by atoms with Crippen molar-refractivity contribution in [3.05, 3.63) is 45.5 Å². The lowest BCUT2D eigenvalue weighted by Crippen LogP contribution is -2.46. The fourth-order valence-electron chi connectivity index (χ4n) is 3.60. The van der Waals surface area contributed by atoms with Crippen molar-refractivity contribution < 1.29 is 28.8 Å². The van der Waals surface area contributed by atoms with Gasteiger partial charge in [0.25, 0.3) is 11.6 Å². The Labute approximate surface area is 182 Å². The quantitative estimate of drug-likeness (QED) is 0.231. The van der Waals surface area contributed by atoms with E-state index in [9.17, 15) is 29.3 Å². The fraction of sp³-hybridized carbons (Fsp3) is 0.400. The third-order valence-electron chi connectivity index (χ3n) is 5.35. The van der Waals surface area contributed by atoms with Crippen LogP contribution in [0.4, 0.5) is 11.4 Å². The zero-order chi connectivity index (χ0) is 22.9. The van der Waals surface area contributed by atoms with Crippen molar-refractivity contribution in [3.63, 3.8) is 0 Å². The molecule has 1 fully saturated rings. The Bertz CT molecular complexity index is 967. The minimum atomic E-state index is -1.30. The lowest BCUT2D eigenvalue weighted by molar-refractivity contribution is -0.384. The number of carbonyl (C=O) groups excluding carboxylic acids is 4. The first kappa shape index (κ1) is 22.4. The van der Waals surface area contributed by atoms with Gasteiger partial charge >= 0.3 is 5.97 Å². The topological polar surface area (TPSA) is 136 Å². The first-order valence-corrected chi connectivity index (χ1v) is 9.96. The van der Waals surface area contributed by atoms with Crippen molar-refractivity contribution in [2.24, 2.45) is 11.8 Å². The second-order valence-electron chi connectivity index (χ2n) is 7.37. The molecule has 1 aromatic carbocycles. The second-order valence-corrected chi connectivity index (χ2v) is 7.78. The Morgan fingerprint density at radius 2 is 1.77 bits per heavy atom. The Morgan fingerprint density at radius 3 is 2.32 bits per heavy atom. The van der Waals surface area contributed by atoms with Crippen molar-refractivity contribution in [2.45, 2.75) is 38.8 Å². The minimum absolute atomic E-state index is 0.0155. The molecule has 0 bridgehead atoms. The van der Waals surface area contributed by atoms with Crippen molar-refractivity contribution in [2.75, 3.05) is 5.32 Å². The van der Waals surface area contributed by atoms with Gasteiger partial charge in [0.05, 0.1) is 27.5 Å². The van der Waals surface area contributed by atoms with Crippen LogP contribution in [0.5, 0.6) is 0 Å². The number of carbonyl (C=O) groups is 4. The molecule has 10 nitrogen and oxygen atoms in total. The van der Waals surface area contributed by atoms with Gasteiger partial charge in [0, 0.05) is 12.1 Å². The molecule has 0 aromatic heterocycles. The maximum atomic E-state index is 12.6. The summed E-state index contributed by atoms with van der Waals surface area (Å²) in [5, 5.41) is 13.3. The number of allylic oxidation sites excluding steroid dienone is 2. The van der Waals surface area contributed by atoms with E-state index in [2.05, 4.69) is 5.32 Å². The van der Waals surface area contributed by atoms with Crippen LogP contribution in [0.15, 0.2) is 30.4 Å². The summed E-state index contributed by atoms with van der Waals surface area (Å²) in [6.07, 6.45) is 3.25. The Morgan fingerprint density at radius 1 is 1.19 bits per heavy atom. The number of nitro benzene ring substituents is 1. The summed E-state index contributed by atoms with van der Waals surface area (Å²) >= 11 is 5.95. The van der Waals surface area contributed by atoms with Crippen molar-refractivity contribution >= 4 is 46.7 Å². The third-order valence-corrected chi connectivity index (χ3v) is 5.68. The smallest absolute Gasteiger partial charge is 0.329 e. The number of halogens is 1. The maximum Gasteiger partial charge on any atom is 0.329 e. The molecule has 0 spiro atoms. The largest absolute Gasteiger partial charge is 0.451 e. The van der Waals surface area contributed by atoms with Crippen LogP contribution in [0.2, 0.25) is 5.02 Å². The predicted octanol–water partition coefficient (Wildman–Crippen LogP) is 2.46. The minimum Gasteiger partial charge on any atom is -0.451 e. The van der Waals surface area contributed by atoms with E-state index in [1.165, 1.54) is 26.0 Å². The summed E-state index contributed by atoms with van der Waals surface area (Å²) in [6, 6.07) is 2.32. The second kappa shape index (κ2) is 8.84. The average Bonchev–Trinajstić information content (AvgIpc) is 2.99. The molecule has 1 saturated heterocycles. The van der Waals surface area contributed by atoms with E-state index in [0.29, 0.717) is 12.8 Å². The normalized spacial score (nSPS) is 22.0. The van der Waals surface area contributed by atoms with Gasteiger partial charge in [0.15, 0.2) is 6.10 Å². The maximum absolute atomic E-state index is 12.6. The molecule has 0 radical (unpaired) electrons. The van der Waals surface area contributed by atoms with Gasteiger partial charge in [-0.15, -0.1) is 0 Å². The van der Waals surface area contributed by atoms with Gasteiger partial charge in [-0.2, -0.15) is 0 Å². The number of amides is 3. The molecule has 3 rings (SSSR count). The van der Waals surface area contributed by atoms with Gasteiger partial charge in [-0.25, -0.2) is 4.79 Å². The summed E-state index contributed by atoms with van der Waals surface area (Å²) < 4.78 is 5.14. The molecule has 1 N–H and O–H groups in total. The summed E-state index contributed by atoms with van der Waals surface area (Å²) in [5.74, 6) is -3.51. The lowest BCUT2D eigenvalue weighted by Gasteiger charge is -2.23. The van der Waals surface area contributed by atoms with Crippen LogP contribution < -0.4 is 5.32 Å². The van der Waals surface area contributed by atoms with Crippen LogP contribution in [-0.2, 0) is 23.9 Å². The molecular weight excluding hydrogens is 430 g/mol. The number of imide groups is 1. The highest BCUT2D eigenvalue weighted by molar-refractivity contribution is 6.33. The van der Waals surface area contributed by atoms with E-state index >= 15 is 0 Å². The first-order valence-electron chi connectivity index (χ1n) is 9.59. The molecule has 0 unspecified atom stereocenters. The number of nitrogens with one attached hydrogen (secondary N) is 1. The number of hydrogen-bond acceptors (Lipinski definition) is 7. The number of rotatable bonds is 6. The Hall–Kier alpha value is -3.27. The Kier molecular flexibility index (Phi) is 6.40. The number of nitrogens with zero attached hydrogens (tertiary/aromatic N) is 2. The number of ether oxygens (including phenoxy) is 1. The van der Waals surface area contributed by atoms with Crippen LogP contribution >= 0.6 is 11.6 Å². The molecular formula is C20H20ClN3O7. The molecule has 11 heteroatoms. The molecule has 4 atom stereocenters. The van der Waals surface area contributed by atoms with E-state index in [1.807, 2.05) is 12.2 Å². The van der Waals surface area contributed by atoms with E-state index in [4.69, 9.17) is 16.3 Å². The van der Waals surface area contributed by atoms with Gasteiger partial charge in [-0.3, -0.25) is 29.4 Å². The summed E-state index contributed by atoms with van der Waals surface area (Å²) in [6.45, 7) is 2.66. The fourth-order valence-corrected chi connectivity index (χ4v) is 3.76. The van der Waals surface area contributed by atoms with Crippen LogP contribution in [0.3, 0.4) is 0 Å². The zero-order valence-electron chi connectivity index (χ0n) is 16.7. The molecule has 1 aliphatic heterocycles. The summed E-state index contributed by atoms with van der Waals surface area (Å²) in [4.78, 5) is 61.3. The van der Waals surface area contributed by atoms with Crippen LogP contribution in [0.1, 0.15) is 26.7 Å². The molecule has 164 valence electrons. The molecule has 1 aromatic rings. The predicted molar refractivity (Wildman–Crippen MR) is 109 cm³/mol. The van der Waals surface area contributed by atoms with Gasteiger partial charge in [-0.05, 0) is 32.8 Å². The van der Waals surface area contributed by atoms with E-state index in [1.54, 1.807) is 0 Å². The SMILES string of the molecule is C[C@H](OC(=O)[C@H](C)N1C(=O)[C@@H]2CC=CC[C@H]2C1=O)C(=O)Nc1cc([N+](=O)[O-])ccc1Cl. The number of non-ortho nitro benzene ring substituents is 1. The lowest BCUT2D eigenvalue weighted by atomic mass is 9.85. The van der Waals surface area contributed by atoms with Gasteiger partial charge in [0.1, 0.15) is 6.04 Å². The Balaban J connectivity index is 1.64. The van der Waals surface area contributed by atoms with E-state index in [0.717, 1.165) is 11.0 Å². The molecule has 1 aliphatic carbocycles. The summed E-state index contributed by atoms with van der Waals surface area (Å²) in [7, 11) is 0. The molecule has 1 heterocycles.